The lowest BCUT2D eigenvalue weighted by atomic mass is 10.2. The van der Waals surface area contributed by atoms with Crippen LogP contribution in [0, 0.1) is 0 Å². The van der Waals surface area contributed by atoms with Crippen LogP contribution in [0.1, 0.15) is 5.69 Å². The summed E-state index contributed by atoms with van der Waals surface area (Å²) in [5.74, 6) is 0. The van der Waals surface area contributed by atoms with E-state index in [2.05, 4.69) is 36.9 Å². The fourth-order valence-electron chi connectivity index (χ4n) is 2.91. The topological polar surface area (TPSA) is 45.5 Å². The van der Waals surface area contributed by atoms with Gasteiger partial charge in [-0.15, -0.1) is 0 Å². The molecule has 4 heterocycles. The minimum Gasteiger partial charge on any atom is -0.368 e. The van der Waals surface area contributed by atoms with Crippen molar-refractivity contribution in [3.63, 3.8) is 0 Å². The molecule has 5 heteroatoms. The summed E-state index contributed by atoms with van der Waals surface area (Å²) in [4.78, 5) is 11.4. The van der Waals surface area contributed by atoms with E-state index in [1.54, 1.807) is 0 Å². The minimum atomic E-state index is 0.859. The first-order valence-corrected chi connectivity index (χ1v) is 6.86. The van der Waals surface area contributed by atoms with Crippen molar-refractivity contribution in [1.29, 1.82) is 0 Å². The molecule has 19 heavy (non-hydrogen) atoms. The summed E-state index contributed by atoms with van der Waals surface area (Å²) in [6, 6.07) is 4.45. The maximum atomic E-state index is 4.67. The van der Waals surface area contributed by atoms with Crippen molar-refractivity contribution in [3.05, 3.63) is 24.0 Å². The fraction of sp³-hybridized carbons (Fsp3) is 0.429. The van der Waals surface area contributed by atoms with Gasteiger partial charge in [0.2, 0.25) is 0 Å². The van der Waals surface area contributed by atoms with Gasteiger partial charge in [-0.2, -0.15) is 0 Å². The van der Waals surface area contributed by atoms with Gasteiger partial charge in [-0.1, -0.05) is 0 Å². The van der Waals surface area contributed by atoms with Crippen LogP contribution in [0.4, 0.5) is 5.69 Å². The highest BCUT2D eigenvalue weighted by atomic mass is 15.2. The number of nitrogens with one attached hydrogen (secondary N) is 1. The van der Waals surface area contributed by atoms with E-state index in [9.17, 15) is 0 Å². The molecule has 0 aliphatic carbocycles. The molecule has 0 amide bonds. The van der Waals surface area contributed by atoms with Crippen molar-refractivity contribution in [1.82, 2.24) is 14.9 Å². The molecule has 2 aliphatic rings. The zero-order valence-corrected chi connectivity index (χ0v) is 10.8. The molecule has 0 atom stereocenters. The second-order valence-corrected chi connectivity index (χ2v) is 5.10. The van der Waals surface area contributed by atoms with Gasteiger partial charge in [0, 0.05) is 44.3 Å². The van der Waals surface area contributed by atoms with E-state index in [0.717, 1.165) is 44.9 Å². The van der Waals surface area contributed by atoms with Crippen molar-refractivity contribution < 1.29 is 0 Å². The number of aromatic nitrogens is 2. The van der Waals surface area contributed by atoms with Gasteiger partial charge in [-0.25, -0.2) is 4.98 Å². The maximum absolute atomic E-state index is 4.67. The molecule has 0 radical (unpaired) electrons. The molecule has 2 aromatic rings. The van der Waals surface area contributed by atoms with Crippen molar-refractivity contribution in [2.45, 2.75) is 6.54 Å². The summed E-state index contributed by atoms with van der Waals surface area (Å²) in [6.07, 6.45) is 3.96. The number of rotatable bonds is 1. The molecule has 1 N–H and O–H groups in total. The van der Waals surface area contributed by atoms with E-state index in [-0.39, 0.29) is 0 Å². The first kappa shape index (κ1) is 11.0. The molecule has 0 spiro atoms. The molecule has 0 unspecified atom stereocenters. The summed E-state index contributed by atoms with van der Waals surface area (Å²) in [6.45, 7) is 6.02. The number of fused-ring (bicyclic) bond motifs is 3. The van der Waals surface area contributed by atoms with Crippen LogP contribution < -0.4 is 10.2 Å². The van der Waals surface area contributed by atoms with E-state index in [0.29, 0.717) is 0 Å². The Hall–Kier alpha value is -1.88. The summed E-state index contributed by atoms with van der Waals surface area (Å²) >= 11 is 0. The SMILES string of the molecule is C1=NCCn2c1cc1cc(N3CCNCC3)cnc12. The van der Waals surface area contributed by atoms with Crippen molar-refractivity contribution in [2.75, 3.05) is 37.6 Å². The average Bonchev–Trinajstić information content (AvgIpc) is 2.86. The van der Waals surface area contributed by atoms with Gasteiger partial charge in [0.15, 0.2) is 0 Å². The third-order valence-electron chi connectivity index (χ3n) is 3.91. The van der Waals surface area contributed by atoms with Crippen molar-refractivity contribution in [2.24, 2.45) is 4.99 Å². The van der Waals surface area contributed by atoms with E-state index >= 15 is 0 Å². The monoisotopic (exact) mass is 255 g/mol. The van der Waals surface area contributed by atoms with Gasteiger partial charge in [0.25, 0.3) is 0 Å². The van der Waals surface area contributed by atoms with Crippen LogP contribution in [0.25, 0.3) is 11.0 Å². The highest BCUT2D eigenvalue weighted by Crippen LogP contribution is 2.24. The number of aliphatic imine (C=N–C) groups is 1. The van der Waals surface area contributed by atoms with E-state index < -0.39 is 0 Å². The number of piperazine rings is 1. The summed E-state index contributed by atoms with van der Waals surface area (Å²) in [5, 5.41) is 4.60. The molecule has 2 aliphatic heterocycles. The Kier molecular flexibility index (Phi) is 2.51. The molecule has 0 saturated carbocycles. The molecular weight excluding hydrogens is 238 g/mol. The second kappa shape index (κ2) is 4.35. The van der Waals surface area contributed by atoms with Gasteiger partial charge in [0.1, 0.15) is 5.65 Å². The van der Waals surface area contributed by atoms with Crippen LogP contribution in [0.3, 0.4) is 0 Å². The van der Waals surface area contributed by atoms with Crippen molar-refractivity contribution in [3.8, 4) is 0 Å². The standard InChI is InChI=1S/C14H17N5/c1-4-18(5-2-15-1)12-7-11-8-13-9-16-3-6-19(13)14(11)17-10-12/h7-10,15H,1-6H2. The normalized spacial score (nSPS) is 18.8. The lowest BCUT2D eigenvalue weighted by Crippen LogP contribution is -2.43. The van der Waals surface area contributed by atoms with E-state index in [1.807, 2.05) is 12.4 Å². The minimum absolute atomic E-state index is 0.859. The highest BCUT2D eigenvalue weighted by molar-refractivity contribution is 5.90. The lowest BCUT2D eigenvalue weighted by Gasteiger charge is -2.29. The second-order valence-electron chi connectivity index (χ2n) is 5.10. The average molecular weight is 255 g/mol. The maximum Gasteiger partial charge on any atom is 0.140 e. The van der Waals surface area contributed by atoms with Gasteiger partial charge in [0.05, 0.1) is 24.1 Å². The first-order valence-electron chi connectivity index (χ1n) is 6.86. The summed E-state index contributed by atoms with van der Waals surface area (Å²) in [5.41, 5.74) is 3.49. The number of anilines is 1. The van der Waals surface area contributed by atoms with Crippen LogP contribution in [-0.4, -0.2) is 48.5 Å². The number of hydrogen-bond acceptors (Lipinski definition) is 4. The zero-order valence-electron chi connectivity index (χ0n) is 10.8. The van der Waals surface area contributed by atoms with Crippen LogP contribution in [0.2, 0.25) is 0 Å². The van der Waals surface area contributed by atoms with E-state index in [4.69, 9.17) is 0 Å². The Balaban J connectivity index is 1.77. The molecule has 0 aromatic carbocycles. The Morgan fingerprint density at radius 1 is 1.11 bits per heavy atom. The van der Waals surface area contributed by atoms with Gasteiger partial charge in [-0.05, 0) is 12.1 Å². The molecule has 5 nitrogen and oxygen atoms in total. The largest absolute Gasteiger partial charge is 0.368 e. The molecule has 1 fully saturated rings. The molecule has 98 valence electrons. The predicted octanol–water partition coefficient (Wildman–Crippen LogP) is 0.878. The number of pyridine rings is 1. The number of nitrogens with zero attached hydrogens (tertiary/aromatic N) is 4. The van der Waals surface area contributed by atoms with Crippen LogP contribution in [0.5, 0.6) is 0 Å². The van der Waals surface area contributed by atoms with Crippen molar-refractivity contribution >= 4 is 22.9 Å². The molecule has 0 bridgehead atoms. The summed E-state index contributed by atoms with van der Waals surface area (Å²) in [7, 11) is 0. The first-order chi connectivity index (χ1) is 9.42. The van der Waals surface area contributed by atoms with Gasteiger partial charge in [-0.3, -0.25) is 4.99 Å². The fourth-order valence-corrected chi connectivity index (χ4v) is 2.91. The Morgan fingerprint density at radius 3 is 2.89 bits per heavy atom. The Morgan fingerprint density at radius 2 is 2.00 bits per heavy atom. The highest BCUT2D eigenvalue weighted by Gasteiger charge is 2.15. The zero-order chi connectivity index (χ0) is 12.7. The van der Waals surface area contributed by atoms with Gasteiger partial charge >= 0.3 is 0 Å². The molecule has 4 rings (SSSR count). The lowest BCUT2D eigenvalue weighted by molar-refractivity contribution is 0.589. The van der Waals surface area contributed by atoms with Crippen LogP contribution >= 0.6 is 0 Å². The van der Waals surface area contributed by atoms with Crippen LogP contribution in [0.15, 0.2) is 23.3 Å². The predicted molar refractivity (Wildman–Crippen MR) is 77.3 cm³/mol. The Bertz CT molecular complexity index is 637. The molecular formula is C14H17N5. The van der Waals surface area contributed by atoms with Gasteiger partial charge < -0.3 is 14.8 Å². The van der Waals surface area contributed by atoms with E-state index in [1.165, 1.54) is 16.8 Å². The third-order valence-corrected chi connectivity index (χ3v) is 3.91. The molecule has 2 aromatic heterocycles. The summed E-state index contributed by atoms with van der Waals surface area (Å²) < 4.78 is 2.25. The Labute approximate surface area is 111 Å². The smallest absolute Gasteiger partial charge is 0.140 e. The number of hydrogen-bond donors (Lipinski definition) is 1. The molecule has 1 saturated heterocycles. The quantitative estimate of drug-likeness (QED) is 0.822. The third kappa shape index (κ3) is 1.81. The van der Waals surface area contributed by atoms with Crippen LogP contribution in [-0.2, 0) is 6.54 Å².